The first-order valence-corrected chi connectivity index (χ1v) is 33.2. The molecule has 0 aromatic rings. The molecule has 0 aromatic carbocycles. The van der Waals surface area contributed by atoms with Gasteiger partial charge in [-0.05, 0) is 116 Å². The fourth-order valence-electron chi connectivity index (χ4n) is 8.35. The molecule has 0 spiro atoms. The third-order valence-corrected chi connectivity index (χ3v) is 14.2. The SMILES string of the molecule is CC/C=C\C/C=C\C/C=C\C/C=C\C/C=C\C/C=C\C/C=C\C/C=C\C/C=C\CCCCCCCC(=O)NC(COP(=O)([O-])OCC[N+](C)(C)C)C(O)/C=C/CC/C=C/CC/C=C/CCCCCCCCCCCCCCCC. The third kappa shape index (κ3) is 61.8. The number of quaternary nitrogens is 1. The smallest absolute Gasteiger partial charge is 0.268 e. The molecule has 0 radical (unpaired) electrons. The Morgan fingerprint density at radius 2 is 0.785 bits per heavy atom. The Morgan fingerprint density at radius 1 is 0.456 bits per heavy atom. The van der Waals surface area contributed by atoms with Crippen LogP contribution in [0.15, 0.2) is 146 Å². The van der Waals surface area contributed by atoms with E-state index in [0.29, 0.717) is 17.4 Å². The highest BCUT2D eigenvalue weighted by Crippen LogP contribution is 2.38. The van der Waals surface area contributed by atoms with Gasteiger partial charge in [-0.3, -0.25) is 9.36 Å². The van der Waals surface area contributed by atoms with Crippen LogP contribution < -0.4 is 10.2 Å². The Labute approximate surface area is 487 Å². The number of aliphatic hydroxyl groups excluding tert-OH is 1. The second-order valence-corrected chi connectivity index (χ2v) is 23.4. The number of allylic oxidation sites excluding steroid dienone is 23. The molecule has 9 heteroatoms. The average Bonchev–Trinajstić information content (AvgIpc) is 3.42. The van der Waals surface area contributed by atoms with Gasteiger partial charge in [0.25, 0.3) is 7.82 Å². The lowest BCUT2D eigenvalue weighted by Crippen LogP contribution is -2.45. The van der Waals surface area contributed by atoms with E-state index < -0.39 is 26.6 Å². The van der Waals surface area contributed by atoms with Gasteiger partial charge in [0.1, 0.15) is 13.2 Å². The lowest BCUT2D eigenvalue weighted by Gasteiger charge is -2.29. The molecular weight excluding hydrogens is 996 g/mol. The third-order valence-electron chi connectivity index (χ3n) is 13.3. The first-order chi connectivity index (χ1) is 38.5. The summed E-state index contributed by atoms with van der Waals surface area (Å²) in [5.41, 5.74) is 0. The molecule has 8 nitrogen and oxygen atoms in total. The van der Waals surface area contributed by atoms with Gasteiger partial charge in [-0.2, -0.15) is 0 Å². The number of nitrogens with zero attached hydrogens (tertiary/aromatic N) is 1. The number of carbonyl (C=O) groups is 1. The molecule has 79 heavy (non-hydrogen) atoms. The number of hydrogen-bond donors (Lipinski definition) is 2. The van der Waals surface area contributed by atoms with E-state index in [0.717, 1.165) is 122 Å². The molecule has 3 atom stereocenters. The molecule has 0 saturated heterocycles. The Hall–Kier alpha value is -3.62. The molecule has 0 aromatic heterocycles. The summed E-state index contributed by atoms with van der Waals surface area (Å²) in [6.07, 6.45) is 90.8. The van der Waals surface area contributed by atoms with E-state index in [1.54, 1.807) is 6.08 Å². The highest BCUT2D eigenvalue weighted by molar-refractivity contribution is 7.45. The minimum absolute atomic E-state index is 0.0214. The van der Waals surface area contributed by atoms with Gasteiger partial charge in [0.05, 0.1) is 39.9 Å². The molecule has 0 aliphatic heterocycles. The highest BCUT2D eigenvalue weighted by Gasteiger charge is 2.23. The maximum absolute atomic E-state index is 13.0. The van der Waals surface area contributed by atoms with Gasteiger partial charge in [0, 0.05) is 6.42 Å². The van der Waals surface area contributed by atoms with Crippen molar-refractivity contribution in [3.8, 4) is 0 Å². The van der Waals surface area contributed by atoms with Crippen LogP contribution in [0.3, 0.4) is 0 Å². The number of nitrogens with one attached hydrogen (secondary N) is 1. The topological polar surface area (TPSA) is 108 Å². The Bertz CT molecular complexity index is 1790. The van der Waals surface area contributed by atoms with Gasteiger partial charge in [0.15, 0.2) is 0 Å². The van der Waals surface area contributed by atoms with Gasteiger partial charge in [-0.1, -0.05) is 262 Å². The van der Waals surface area contributed by atoms with Gasteiger partial charge in [-0.25, -0.2) is 0 Å². The second-order valence-electron chi connectivity index (χ2n) is 22.0. The number of unbranched alkanes of at least 4 members (excludes halogenated alkanes) is 21. The molecule has 0 aliphatic carbocycles. The predicted octanol–water partition coefficient (Wildman–Crippen LogP) is 19.4. The molecule has 3 unspecified atom stereocenters. The maximum Gasteiger partial charge on any atom is 0.268 e. The maximum atomic E-state index is 13.0. The molecular formula is C70H119N2O6P. The van der Waals surface area contributed by atoms with Crippen molar-refractivity contribution in [2.24, 2.45) is 0 Å². The normalized spacial score (nSPS) is 14.8. The zero-order chi connectivity index (χ0) is 57.7. The number of carbonyl (C=O) groups excluding carboxylic acids is 1. The van der Waals surface area contributed by atoms with E-state index in [1.165, 1.54) is 96.3 Å². The van der Waals surface area contributed by atoms with Crippen LogP contribution in [0.25, 0.3) is 0 Å². The van der Waals surface area contributed by atoms with E-state index in [9.17, 15) is 19.4 Å². The van der Waals surface area contributed by atoms with Crippen molar-refractivity contribution in [2.45, 2.75) is 251 Å². The molecule has 0 rings (SSSR count). The van der Waals surface area contributed by atoms with Crippen molar-refractivity contribution in [1.29, 1.82) is 0 Å². The van der Waals surface area contributed by atoms with E-state index in [4.69, 9.17) is 9.05 Å². The summed E-state index contributed by atoms with van der Waals surface area (Å²) in [7, 11) is 1.20. The number of amides is 1. The largest absolute Gasteiger partial charge is 0.756 e. The Kier molecular flexibility index (Phi) is 56.3. The van der Waals surface area contributed by atoms with E-state index in [-0.39, 0.29) is 12.5 Å². The summed E-state index contributed by atoms with van der Waals surface area (Å²) in [5, 5.41) is 13.9. The first-order valence-electron chi connectivity index (χ1n) is 31.7. The number of phosphoric acid groups is 1. The van der Waals surface area contributed by atoms with E-state index in [1.807, 2.05) is 27.2 Å². The minimum atomic E-state index is -4.63. The molecule has 1 amide bonds. The first kappa shape index (κ1) is 75.4. The quantitative estimate of drug-likeness (QED) is 0.0272. The fourth-order valence-corrected chi connectivity index (χ4v) is 9.08. The number of rotatable bonds is 56. The van der Waals surface area contributed by atoms with Crippen LogP contribution in [0.5, 0.6) is 0 Å². The molecule has 0 aliphatic rings. The van der Waals surface area contributed by atoms with Crippen molar-refractivity contribution >= 4 is 13.7 Å². The standard InChI is InChI=1S/C70H119N2O6P/c1-6-8-10-12-14-16-18-20-22-24-26-28-30-32-33-34-35-36-37-38-39-40-42-44-46-48-50-52-54-56-58-60-62-64-70(74)71-68(67-78-79(75,76)77-66-65-72(3,4)5)69(73)63-61-59-57-55-53-51-49-47-45-43-41-31-29-27-25-23-21-19-17-15-13-11-9-7-2/h8,10,14,16,20,22,26,28,32-33,35-36,38-39,42,44-45,47-48,50,53,55,61,63,68-69,73H,6-7,9,11-13,15,17-19,21,23-25,27,29-31,34,37,40-41,43,46,49,51-52,54,56-60,62,64-67H2,1-5H3,(H-,71,74,75,76)/b10-8-,16-14-,22-20-,28-26-,33-32-,36-35-,39-38-,44-42-,47-45+,50-48-,55-53+,63-61+. The van der Waals surface area contributed by atoms with Gasteiger partial charge >= 0.3 is 0 Å². The van der Waals surface area contributed by atoms with Gasteiger partial charge < -0.3 is 28.8 Å². The summed E-state index contributed by atoms with van der Waals surface area (Å²) < 4.78 is 23.4. The monoisotopic (exact) mass is 1110 g/mol. The lowest BCUT2D eigenvalue weighted by atomic mass is 10.0. The molecule has 0 fully saturated rings. The number of aliphatic hydroxyl groups is 1. The number of phosphoric ester groups is 1. The van der Waals surface area contributed by atoms with Crippen LogP contribution in [-0.2, 0) is 18.4 Å². The lowest BCUT2D eigenvalue weighted by molar-refractivity contribution is -0.870. The summed E-state index contributed by atoms with van der Waals surface area (Å²) in [4.78, 5) is 25.6. The second kappa shape index (κ2) is 59.0. The fraction of sp³-hybridized carbons (Fsp3) is 0.643. The highest BCUT2D eigenvalue weighted by atomic mass is 31.2. The van der Waals surface area contributed by atoms with Crippen molar-refractivity contribution in [3.05, 3.63) is 146 Å². The minimum Gasteiger partial charge on any atom is -0.756 e. The van der Waals surface area contributed by atoms with Crippen molar-refractivity contribution in [2.75, 3.05) is 40.9 Å². The molecule has 450 valence electrons. The Morgan fingerprint density at radius 3 is 1.18 bits per heavy atom. The van der Waals surface area contributed by atoms with Crippen LogP contribution in [-0.4, -0.2) is 68.5 Å². The summed E-state index contributed by atoms with van der Waals surface area (Å²) >= 11 is 0. The van der Waals surface area contributed by atoms with Crippen LogP contribution in [0.2, 0.25) is 0 Å². The van der Waals surface area contributed by atoms with Crippen LogP contribution >= 0.6 is 7.82 Å². The zero-order valence-corrected chi connectivity index (χ0v) is 52.2. The summed E-state index contributed by atoms with van der Waals surface area (Å²) in [6, 6.07) is -0.933. The molecule has 2 N–H and O–H groups in total. The van der Waals surface area contributed by atoms with Crippen LogP contribution in [0, 0.1) is 0 Å². The molecule has 0 saturated carbocycles. The van der Waals surface area contributed by atoms with Crippen molar-refractivity contribution in [3.63, 3.8) is 0 Å². The zero-order valence-electron chi connectivity index (χ0n) is 51.3. The van der Waals surface area contributed by atoms with Crippen LogP contribution in [0.4, 0.5) is 0 Å². The van der Waals surface area contributed by atoms with Crippen LogP contribution in [0.1, 0.15) is 239 Å². The van der Waals surface area contributed by atoms with Crippen molar-refractivity contribution < 1.29 is 32.9 Å². The van der Waals surface area contributed by atoms with Gasteiger partial charge in [0.2, 0.25) is 5.91 Å². The summed E-state index contributed by atoms with van der Waals surface area (Å²) in [6.45, 7) is 4.48. The van der Waals surface area contributed by atoms with Crippen molar-refractivity contribution in [1.82, 2.24) is 5.32 Å². The molecule has 0 heterocycles. The number of likely N-dealkylation sites (N-methyl/N-ethyl adjacent to an activating group) is 1. The predicted molar refractivity (Wildman–Crippen MR) is 343 cm³/mol. The Balaban J connectivity index is 4.32. The van der Waals surface area contributed by atoms with E-state index in [2.05, 4.69) is 153 Å². The van der Waals surface area contributed by atoms with Gasteiger partial charge in [-0.15, -0.1) is 0 Å². The average molecular weight is 1120 g/mol. The van der Waals surface area contributed by atoms with E-state index >= 15 is 0 Å². The molecule has 0 bridgehead atoms. The summed E-state index contributed by atoms with van der Waals surface area (Å²) in [5.74, 6) is -0.235. The number of hydrogen-bond acceptors (Lipinski definition) is 6.